The number of hydrogen-bond donors (Lipinski definition) is 1. The first-order valence-corrected chi connectivity index (χ1v) is 10.8. The van der Waals surface area contributed by atoms with E-state index in [2.05, 4.69) is 5.32 Å². The Kier molecular flexibility index (Phi) is 5.29. The highest BCUT2D eigenvalue weighted by Crippen LogP contribution is 2.64. The Labute approximate surface area is 176 Å². The van der Waals surface area contributed by atoms with Crippen molar-refractivity contribution in [1.82, 2.24) is 5.32 Å². The summed E-state index contributed by atoms with van der Waals surface area (Å²) in [7, 11) is 1.40. The summed E-state index contributed by atoms with van der Waals surface area (Å²) in [6.07, 6.45) is 4.88. The molecule has 1 saturated heterocycles. The van der Waals surface area contributed by atoms with Crippen molar-refractivity contribution in [2.75, 3.05) is 13.7 Å². The van der Waals surface area contributed by atoms with Gasteiger partial charge in [-0.25, -0.2) is 0 Å². The van der Waals surface area contributed by atoms with Gasteiger partial charge in [0.1, 0.15) is 6.10 Å². The maximum Gasteiger partial charge on any atom is 0.310 e. The van der Waals surface area contributed by atoms with Gasteiger partial charge in [0.2, 0.25) is 0 Å². The molecule has 0 bridgehead atoms. The number of ether oxygens (including phenoxy) is 2. The molecule has 30 heavy (non-hydrogen) atoms. The van der Waals surface area contributed by atoms with Crippen LogP contribution in [0.25, 0.3) is 0 Å². The van der Waals surface area contributed by atoms with Gasteiger partial charge in [-0.15, -0.1) is 0 Å². The number of hydrogen-bond acceptors (Lipinski definition) is 7. The first kappa shape index (κ1) is 21.1. The Balaban J connectivity index is 1.79. The standard InChI is InChI=1S/C23H31NO6/c1-5-24-16-10-15(20(26)28-4)22(2)8-6-14-21(27)30-17(13-7-9-29-12-13)11-23(14,3)19(22)18(16)25/h7,9,12,14-17,19,24H,5-6,8,10-11H2,1-4H3/t14-,15-,16+,17-,19-,22-,23-/m0/s1. The normalized spacial score (nSPS) is 40.9. The SMILES string of the molecule is CCN[C@@H]1C[C@@H](C(=O)OC)[C@]2(C)CC[C@H]3C(=O)O[C@H](c4ccoc4)C[C@]3(C)[C@H]2C1=O. The van der Waals surface area contributed by atoms with E-state index in [9.17, 15) is 14.4 Å². The highest BCUT2D eigenvalue weighted by Gasteiger charge is 2.67. The van der Waals surface area contributed by atoms with Gasteiger partial charge in [-0.3, -0.25) is 14.4 Å². The van der Waals surface area contributed by atoms with Crippen molar-refractivity contribution in [1.29, 1.82) is 0 Å². The van der Waals surface area contributed by atoms with Crippen LogP contribution >= 0.6 is 0 Å². The lowest BCUT2D eigenvalue weighted by Gasteiger charge is -2.61. The molecule has 0 unspecified atom stereocenters. The molecule has 2 heterocycles. The quantitative estimate of drug-likeness (QED) is 0.753. The summed E-state index contributed by atoms with van der Waals surface area (Å²) >= 11 is 0. The van der Waals surface area contributed by atoms with Gasteiger partial charge >= 0.3 is 11.9 Å². The van der Waals surface area contributed by atoms with E-state index in [1.54, 1.807) is 18.6 Å². The predicted octanol–water partition coefficient (Wildman–Crippen LogP) is 3.05. The Morgan fingerprint density at radius 3 is 2.70 bits per heavy atom. The molecule has 3 fully saturated rings. The monoisotopic (exact) mass is 417 g/mol. The van der Waals surface area contributed by atoms with E-state index in [4.69, 9.17) is 13.9 Å². The third-order valence-corrected chi connectivity index (χ3v) is 8.00. The molecule has 0 amide bonds. The van der Waals surface area contributed by atoms with Crippen LogP contribution < -0.4 is 5.32 Å². The van der Waals surface area contributed by atoms with Crippen LogP contribution in [0.1, 0.15) is 58.1 Å². The van der Waals surface area contributed by atoms with Crippen LogP contribution in [-0.4, -0.2) is 37.4 Å². The molecule has 0 aromatic carbocycles. The molecule has 7 heteroatoms. The van der Waals surface area contributed by atoms with Crippen LogP contribution in [0, 0.1) is 28.6 Å². The van der Waals surface area contributed by atoms with Gasteiger partial charge in [0.15, 0.2) is 5.78 Å². The van der Waals surface area contributed by atoms with Crippen molar-refractivity contribution < 1.29 is 28.3 Å². The van der Waals surface area contributed by atoms with Gasteiger partial charge < -0.3 is 19.2 Å². The van der Waals surface area contributed by atoms with Gasteiger partial charge in [-0.2, -0.15) is 0 Å². The summed E-state index contributed by atoms with van der Waals surface area (Å²) in [5.41, 5.74) is -0.368. The van der Waals surface area contributed by atoms with Crippen molar-refractivity contribution >= 4 is 17.7 Å². The molecule has 1 N–H and O–H groups in total. The number of carbonyl (C=O) groups is 3. The zero-order valence-corrected chi connectivity index (χ0v) is 18.1. The van der Waals surface area contributed by atoms with Crippen LogP contribution in [0.3, 0.4) is 0 Å². The number of carbonyl (C=O) groups excluding carboxylic acids is 3. The fourth-order valence-corrected chi connectivity index (χ4v) is 6.62. The second-order valence-electron chi connectivity index (χ2n) is 9.55. The average Bonchev–Trinajstić information content (AvgIpc) is 3.23. The van der Waals surface area contributed by atoms with Crippen LogP contribution in [0.2, 0.25) is 0 Å². The van der Waals surface area contributed by atoms with E-state index < -0.39 is 34.8 Å². The molecule has 7 atom stereocenters. The molecular formula is C23H31NO6. The number of Topliss-reactive ketones (excluding diaryl/α,β-unsaturated/α-hetero) is 1. The number of esters is 2. The van der Waals surface area contributed by atoms with Gasteiger partial charge in [0.25, 0.3) is 0 Å². The Bertz CT molecular complexity index is 835. The minimum absolute atomic E-state index is 0.104. The van der Waals surface area contributed by atoms with Crippen molar-refractivity contribution in [2.45, 2.75) is 58.6 Å². The summed E-state index contributed by atoms with van der Waals surface area (Å²) in [5, 5.41) is 3.27. The number of ketones is 1. The number of methoxy groups -OCH3 is 1. The van der Waals surface area contributed by atoms with E-state index in [0.29, 0.717) is 32.2 Å². The van der Waals surface area contributed by atoms with Crippen molar-refractivity contribution in [3.63, 3.8) is 0 Å². The van der Waals surface area contributed by atoms with E-state index in [-0.39, 0.29) is 23.6 Å². The van der Waals surface area contributed by atoms with Crippen LogP contribution in [0.4, 0.5) is 0 Å². The van der Waals surface area contributed by atoms with Crippen molar-refractivity contribution in [2.24, 2.45) is 28.6 Å². The average molecular weight is 418 g/mol. The second kappa shape index (κ2) is 7.52. The van der Waals surface area contributed by atoms with Crippen molar-refractivity contribution in [3.8, 4) is 0 Å². The van der Waals surface area contributed by atoms with E-state index in [0.717, 1.165) is 5.56 Å². The first-order valence-electron chi connectivity index (χ1n) is 10.8. The second-order valence-corrected chi connectivity index (χ2v) is 9.55. The highest BCUT2D eigenvalue weighted by molar-refractivity contribution is 5.92. The Hall–Kier alpha value is -2.15. The fourth-order valence-electron chi connectivity index (χ4n) is 6.62. The smallest absolute Gasteiger partial charge is 0.310 e. The summed E-state index contributed by atoms with van der Waals surface area (Å²) in [6.45, 7) is 6.65. The molecule has 7 nitrogen and oxygen atoms in total. The molecule has 1 aromatic rings. The molecule has 1 aliphatic heterocycles. The molecule has 164 valence electrons. The topological polar surface area (TPSA) is 94.8 Å². The number of fused-ring (bicyclic) bond motifs is 3. The van der Waals surface area contributed by atoms with Gasteiger partial charge in [0, 0.05) is 11.5 Å². The number of furan rings is 1. The number of likely N-dealkylation sites (N-methyl/N-ethyl adjacent to an activating group) is 1. The van der Waals surface area contributed by atoms with Gasteiger partial charge in [0.05, 0.1) is 37.5 Å². The van der Waals surface area contributed by atoms with Crippen LogP contribution in [0.15, 0.2) is 23.0 Å². The summed E-state index contributed by atoms with van der Waals surface area (Å²) < 4.78 is 16.1. The summed E-state index contributed by atoms with van der Waals surface area (Å²) in [4.78, 5) is 39.6. The first-order chi connectivity index (χ1) is 14.3. The molecule has 1 aromatic heterocycles. The molecular weight excluding hydrogens is 386 g/mol. The minimum atomic E-state index is -0.609. The maximum absolute atomic E-state index is 13.8. The van der Waals surface area contributed by atoms with E-state index >= 15 is 0 Å². The molecule has 0 radical (unpaired) electrons. The van der Waals surface area contributed by atoms with Gasteiger partial charge in [-0.05, 0) is 49.1 Å². The Morgan fingerprint density at radius 1 is 1.30 bits per heavy atom. The van der Waals surface area contributed by atoms with E-state index in [1.165, 1.54) is 7.11 Å². The zero-order chi connectivity index (χ0) is 21.7. The van der Waals surface area contributed by atoms with Crippen LogP contribution in [0.5, 0.6) is 0 Å². The van der Waals surface area contributed by atoms with E-state index in [1.807, 2.05) is 20.8 Å². The highest BCUT2D eigenvalue weighted by atomic mass is 16.5. The summed E-state index contributed by atoms with van der Waals surface area (Å²) in [5.74, 6) is -1.62. The fraction of sp³-hybridized carbons (Fsp3) is 0.696. The van der Waals surface area contributed by atoms with Crippen LogP contribution in [-0.2, 0) is 23.9 Å². The predicted molar refractivity (Wildman–Crippen MR) is 107 cm³/mol. The third-order valence-electron chi connectivity index (χ3n) is 8.00. The lowest BCUT2D eigenvalue weighted by molar-refractivity contribution is -0.203. The number of rotatable bonds is 4. The lowest BCUT2D eigenvalue weighted by atomic mass is 9.43. The summed E-state index contributed by atoms with van der Waals surface area (Å²) in [6, 6.07) is 1.38. The molecule has 4 rings (SSSR count). The lowest BCUT2D eigenvalue weighted by Crippen LogP contribution is -2.66. The minimum Gasteiger partial charge on any atom is -0.472 e. The zero-order valence-electron chi connectivity index (χ0n) is 18.1. The van der Waals surface area contributed by atoms with Gasteiger partial charge in [-0.1, -0.05) is 20.8 Å². The molecule has 3 aliphatic rings. The molecule has 2 saturated carbocycles. The largest absolute Gasteiger partial charge is 0.472 e. The molecule has 0 spiro atoms. The Morgan fingerprint density at radius 2 is 2.07 bits per heavy atom. The number of cyclic esters (lactones) is 1. The maximum atomic E-state index is 13.8. The third kappa shape index (κ3) is 3.01. The van der Waals surface area contributed by atoms with Crippen molar-refractivity contribution in [3.05, 3.63) is 24.2 Å². The number of nitrogens with one attached hydrogen (secondary N) is 1. The molecule has 2 aliphatic carbocycles.